The molecular weight excluding hydrogens is 284 g/mol. The third kappa shape index (κ3) is 4.08. The standard InChI is InChI=1S/C16H19ClN4/c1-11(19-13-5-3-2-4-6-13)10-18-15-9-14(17)20-16(21-15)12-7-8-12/h2-6,9,11-12,19H,7-8,10H2,1H3,(H,18,20,21). The van der Waals surface area contributed by atoms with E-state index in [9.17, 15) is 0 Å². The molecule has 3 rings (SSSR count). The molecule has 21 heavy (non-hydrogen) atoms. The van der Waals surface area contributed by atoms with E-state index in [1.165, 1.54) is 12.8 Å². The highest BCUT2D eigenvalue weighted by atomic mass is 35.5. The highest BCUT2D eigenvalue weighted by molar-refractivity contribution is 6.29. The Bertz CT molecular complexity index is 598. The van der Waals surface area contributed by atoms with Crippen LogP contribution in [0.1, 0.15) is 31.5 Å². The van der Waals surface area contributed by atoms with Crippen molar-refractivity contribution in [2.45, 2.75) is 31.7 Å². The van der Waals surface area contributed by atoms with E-state index in [4.69, 9.17) is 11.6 Å². The van der Waals surface area contributed by atoms with Crippen LogP contribution in [0.4, 0.5) is 11.5 Å². The van der Waals surface area contributed by atoms with Crippen LogP contribution >= 0.6 is 11.6 Å². The molecule has 1 unspecified atom stereocenters. The molecule has 1 heterocycles. The van der Waals surface area contributed by atoms with Crippen molar-refractivity contribution in [1.29, 1.82) is 0 Å². The molecule has 1 atom stereocenters. The van der Waals surface area contributed by atoms with Gasteiger partial charge in [-0.1, -0.05) is 29.8 Å². The van der Waals surface area contributed by atoms with E-state index in [1.54, 1.807) is 6.07 Å². The molecule has 1 aliphatic rings. The number of nitrogens with one attached hydrogen (secondary N) is 2. The number of para-hydroxylation sites is 1. The van der Waals surface area contributed by atoms with Gasteiger partial charge >= 0.3 is 0 Å². The Labute approximate surface area is 130 Å². The second-order valence-electron chi connectivity index (χ2n) is 5.50. The summed E-state index contributed by atoms with van der Waals surface area (Å²) in [5.74, 6) is 2.18. The van der Waals surface area contributed by atoms with E-state index in [-0.39, 0.29) is 6.04 Å². The lowest BCUT2D eigenvalue weighted by atomic mass is 10.2. The normalized spacial score (nSPS) is 15.5. The zero-order chi connectivity index (χ0) is 14.7. The fourth-order valence-corrected chi connectivity index (χ4v) is 2.37. The van der Waals surface area contributed by atoms with Crippen molar-refractivity contribution in [2.24, 2.45) is 0 Å². The van der Waals surface area contributed by atoms with Crippen molar-refractivity contribution in [1.82, 2.24) is 9.97 Å². The van der Waals surface area contributed by atoms with Gasteiger partial charge in [-0.05, 0) is 31.9 Å². The molecule has 0 saturated heterocycles. The van der Waals surface area contributed by atoms with E-state index in [0.717, 1.165) is 23.9 Å². The minimum Gasteiger partial charge on any atom is -0.381 e. The number of rotatable bonds is 6. The summed E-state index contributed by atoms with van der Waals surface area (Å²) in [5, 5.41) is 7.28. The van der Waals surface area contributed by atoms with Crippen LogP contribution in [-0.4, -0.2) is 22.6 Å². The fourth-order valence-electron chi connectivity index (χ4n) is 2.18. The van der Waals surface area contributed by atoms with E-state index in [1.807, 2.05) is 18.2 Å². The van der Waals surface area contributed by atoms with Gasteiger partial charge in [-0.2, -0.15) is 0 Å². The van der Waals surface area contributed by atoms with Gasteiger partial charge in [0.25, 0.3) is 0 Å². The van der Waals surface area contributed by atoms with Crippen molar-refractivity contribution in [2.75, 3.05) is 17.2 Å². The molecule has 4 nitrogen and oxygen atoms in total. The summed E-state index contributed by atoms with van der Waals surface area (Å²) >= 11 is 6.06. The number of hydrogen-bond donors (Lipinski definition) is 2. The average molecular weight is 303 g/mol. The molecule has 2 N–H and O–H groups in total. The second kappa shape index (κ2) is 6.31. The maximum atomic E-state index is 6.06. The molecule has 2 aromatic rings. The van der Waals surface area contributed by atoms with Gasteiger partial charge in [0.05, 0.1) is 0 Å². The van der Waals surface area contributed by atoms with Crippen molar-refractivity contribution < 1.29 is 0 Å². The highest BCUT2D eigenvalue weighted by Gasteiger charge is 2.27. The molecule has 1 aromatic heterocycles. The predicted molar refractivity (Wildman–Crippen MR) is 87.0 cm³/mol. The lowest BCUT2D eigenvalue weighted by Gasteiger charge is -2.16. The largest absolute Gasteiger partial charge is 0.381 e. The van der Waals surface area contributed by atoms with Gasteiger partial charge in [0.1, 0.15) is 16.8 Å². The zero-order valence-corrected chi connectivity index (χ0v) is 12.8. The SMILES string of the molecule is CC(CNc1cc(Cl)nc(C2CC2)n1)Nc1ccccc1. The first-order valence-electron chi connectivity index (χ1n) is 7.30. The molecule has 5 heteroatoms. The van der Waals surface area contributed by atoms with Crippen LogP contribution in [0.2, 0.25) is 5.15 Å². The van der Waals surface area contributed by atoms with Gasteiger partial charge < -0.3 is 10.6 Å². The smallest absolute Gasteiger partial charge is 0.135 e. The first kappa shape index (κ1) is 14.1. The molecule has 1 saturated carbocycles. The van der Waals surface area contributed by atoms with Gasteiger partial charge in [0.2, 0.25) is 0 Å². The molecule has 0 amide bonds. The highest BCUT2D eigenvalue weighted by Crippen LogP contribution is 2.38. The Morgan fingerprint density at radius 2 is 2.00 bits per heavy atom. The minimum absolute atomic E-state index is 0.283. The summed E-state index contributed by atoms with van der Waals surface area (Å²) in [6.45, 7) is 2.90. The molecule has 110 valence electrons. The van der Waals surface area contributed by atoms with Gasteiger partial charge in [0, 0.05) is 30.3 Å². The molecule has 0 spiro atoms. The molecule has 1 fully saturated rings. The number of hydrogen-bond acceptors (Lipinski definition) is 4. The minimum atomic E-state index is 0.283. The number of nitrogens with zero attached hydrogens (tertiary/aromatic N) is 2. The lowest BCUT2D eigenvalue weighted by molar-refractivity contribution is 0.825. The molecule has 1 aliphatic carbocycles. The molecule has 0 bridgehead atoms. The molecule has 0 radical (unpaired) electrons. The van der Waals surface area contributed by atoms with E-state index < -0.39 is 0 Å². The second-order valence-corrected chi connectivity index (χ2v) is 5.89. The maximum absolute atomic E-state index is 6.06. The summed E-state index contributed by atoms with van der Waals surface area (Å²) in [7, 11) is 0. The molecular formula is C16H19ClN4. The Morgan fingerprint density at radius 1 is 1.24 bits per heavy atom. The Kier molecular flexibility index (Phi) is 4.25. The summed E-state index contributed by atoms with van der Waals surface area (Å²) < 4.78 is 0. The van der Waals surface area contributed by atoms with Crippen molar-refractivity contribution >= 4 is 23.1 Å². The number of aromatic nitrogens is 2. The van der Waals surface area contributed by atoms with E-state index >= 15 is 0 Å². The lowest BCUT2D eigenvalue weighted by Crippen LogP contribution is -2.25. The van der Waals surface area contributed by atoms with Crippen molar-refractivity contribution in [3.63, 3.8) is 0 Å². The number of halogens is 1. The zero-order valence-electron chi connectivity index (χ0n) is 12.0. The van der Waals surface area contributed by atoms with Gasteiger partial charge in [-0.25, -0.2) is 9.97 Å². The summed E-state index contributed by atoms with van der Waals surface area (Å²) in [4.78, 5) is 8.83. The third-order valence-corrected chi connectivity index (χ3v) is 3.62. The van der Waals surface area contributed by atoms with E-state index in [2.05, 4.69) is 39.7 Å². The summed E-state index contributed by atoms with van der Waals surface area (Å²) in [6.07, 6.45) is 2.34. The van der Waals surface area contributed by atoms with Crippen molar-refractivity contribution in [3.8, 4) is 0 Å². The van der Waals surface area contributed by atoms with Crippen LogP contribution in [0.15, 0.2) is 36.4 Å². The quantitative estimate of drug-likeness (QED) is 0.794. The van der Waals surface area contributed by atoms with Gasteiger partial charge in [-0.15, -0.1) is 0 Å². The monoisotopic (exact) mass is 302 g/mol. The topological polar surface area (TPSA) is 49.8 Å². The molecule has 0 aliphatic heterocycles. The van der Waals surface area contributed by atoms with Crippen molar-refractivity contribution in [3.05, 3.63) is 47.4 Å². The Morgan fingerprint density at radius 3 is 2.71 bits per heavy atom. The third-order valence-electron chi connectivity index (χ3n) is 3.43. The van der Waals surface area contributed by atoms with Crippen LogP contribution < -0.4 is 10.6 Å². The van der Waals surface area contributed by atoms with E-state index in [0.29, 0.717) is 11.1 Å². The number of anilines is 2. The van der Waals surface area contributed by atoms with Crippen LogP contribution in [0.5, 0.6) is 0 Å². The summed E-state index contributed by atoms with van der Waals surface area (Å²) in [6, 6.07) is 12.2. The van der Waals surface area contributed by atoms with Crippen LogP contribution in [0.3, 0.4) is 0 Å². The first-order valence-corrected chi connectivity index (χ1v) is 7.68. The van der Waals surface area contributed by atoms with Crippen LogP contribution in [-0.2, 0) is 0 Å². The maximum Gasteiger partial charge on any atom is 0.135 e. The predicted octanol–water partition coefficient (Wildman–Crippen LogP) is 3.92. The van der Waals surface area contributed by atoms with Crippen LogP contribution in [0, 0.1) is 0 Å². The summed E-state index contributed by atoms with van der Waals surface area (Å²) in [5.41, 5.74) is 1.12. The van der Waals surface area contributed by atoms with Gasteiger partial charge in [0.15, 0.2) is 0 Å². The Hall–Kier alpha value is -1.81. The fraction of sp³-hybridized carbons (Fsp3) is 0.375. The number of benzene rings is 1. The average Bonchev–Trinajstić information content (AvgIpc) is 3.30. The first-order chi connectivity index (χ1) is 10.2. The Balaban J connectivity index is 1.57. The van der Waals surface area contributed by atoms with Gasteiger partial charge in [-0.3, -0.25) is 0 Å². The molecule has 1 aromatic carbocycles. The van der Waals surface area contributed by atoms with Crippen LogP contribution in [0.25, 0.3) is 0 Å².